The van der Waals surface area contributed by atoms with Gasteiger partial charge in [0.05, 0.1) is 13.2 Å². The third-order valence-corrected chi connectivity index (χ3v) is 1.94. The molecule has 0 aliphatic heterocycles. The van der Waals surface area contributed by atoms with Gasteiger partial charge in [-0.3, -0.25) is 0 Å². The van der Waals surface area contributed by atoms with Gasteiger partial charge in [0.1, 0.15) is 5.56 Å². The standard InChI is InChI=1S/C9H7F3N2O5/c1-4-7(19-9(10,11)12)5(8(15)18-2)3-6(13-4)14(16)17/h3H,1-2H3. The molecule has 0 fully saturated rings. The van der Waals surface area contributed by atoms with Crippen LogP contribution in [-0.2, 0) is 4.74 Å². The van der Waals surface area contributed by atoms with E-state index in [2.05, 4.69) is 14.5 Å². The van der Waals surface area contributed by atoms with Gasteiger partial charge < -0.3 is 19.6 Å². The number of alkyl halides is 3. The number of hydrogen-bond acceptors (Lipinski definition) is 6. The van der Waals surface area contributed by atoms with E-state index in [-0.39, 0.29) is 0 Å². The van der Waals surface area contributed by atoms with E-state index in [1.807, 2.05) is 0 Å². The van der Waals surface area contributed by atoms with Crippen LogP contribution in [0.2, 0.25) is 0 Å². The molecule has 0 saturated heterocycles. The number of carbonyl (C=O) groups is 1. The van der Waals surface area contributed by atoms with Crippen molar-refractivity contribution >= 4 is 11.8 Å². The molecule has 0 N–H and O–H groups in total. The highest BCUT2D eigenvalue weighted by Gasteiger charge is 2.36. The molecule has 7 nitrogen and oxygen atoms in total. The van der Waals surface area contributed by atoms with Gasteiger partial charge in [0.2, 0.25) is 0 Å². The molecule has 0 unspecified atom stereocenters. The molecular formula is C9H7F3N2O5. The van der Waals surface area contributed by atoms with Crippen molar-refractivity contribution in [2.24, 2.45) is 0 Å². The number of ether oxygens (including phenoxy) is 2. The van der Waals surface area contributed by atoms with Crippen molar-refractivity contribution in [1.29, 1.82) is 0 Å². The van der Waals surface area contributed by atoms with Gasteiger partial charge in [-0.15, -0.1) is 13.2 Å². The van der Waals surface area contributed by atoms with Crippen LogP contribution in [0.15, 0.2) is 6.07 Å². The number of hydrogen-bond donors (Lipinski definition) is 0. The minimum absolute atomic E-state index is 0.452. The summed E-state index contributed by atoms with van der Waals surface area (Å²) < 4.78 is 44.5. The fourth-order valence-corrected chi connectivity index (χ4v) is 1.24. The second-order valence-electron chi connectivity index (χ2n) is 3.24. The van der Waals surface area contributed by atoms with Gasteiger partial charge >= 0.3 is 18.1 Å². The normalized spacial score (nSPS) is 11.0. The highest BCUT2D eigenvalue weighted by atomic mass is 19.4. The van der Waals surface area contributed by atoms with Crippen LogP contribution >= 0.6 is 0 Å². The molecule has 0 spiro atoms. The van der Waals surface area contributed by atoms with E-state index in [0.717, 1.165) is 14.0 Å². The second kappa shape index (κ2) is 5.08. The van der Waals surface area contributed by atoms with E-state index in [1.54, 1.807) is 0 Å². The molecule has 0 aliphatic carbocycles. The minimum atomic E-state index is -5.06. The largest absolute Gasteiger partial charge is 0.573 e. The molecule has 104 valence electrons. The topological polar surface area (TPSA) is 91.6 Å². The molecule has 0 saturated carbocycles. The Morgan fingerprint density at radius 1 is 1.47 bits per heavy atom. The number of halogens is 3. The average Bonchev–Trinajstić information content (AvgIpc) is 2.28. The van der Waals surface area contributed by atoms with Crippen molar-refractivity contribution < 1.29 is 32.4 Å². The number of aryl methyl sites for hydroxylation is 1. The number of nitro groups is 1. The summed E-state index contributed by atoms with van der Waals surface area (Å²) in [5, 5.41) is 10.5. The number of methoxy groups -OCH3 is 1. The summed E-state index contributed by atoms with van der Waals surface area (Å²) in [6.45, 7) is 1.04. The molecule has 1 rings (SSSR count). The molecule has 1 aromatic heterocycles. The van der Waals surface area contributed by atoms with Crippen LogP contribution in [0.1, 0.15) is 16.1 Å². The van der Waals surface area contributed by atoms with Crippen LogP contribution < -0.4 is 4.74 Å². The molecule has 0 radical (unpaired) electrons. The van der Waals surface area contributed by atoms with Crippen LogP contribution in [-0.4, -0.2) is 29.3 Å². The van der Waals surface area contributed by atoms with Crippen molar-refractivity contribution in [1.82, 2.24) is 4.98 Å². The zero-order valence-corrected chi connectivity index (χ0v) is 9.65. The molecule has 0 amide bonds. The summed E-state index contributed by atoms with van der Waals surface area (Å²) >= 11 is 0. The van der Waals surface area contributed by atoms with Crippen LogP contribution in [0.25, 0.3) is 0 Å². The quantitative estimate of drug-likeness (QED) is 0.477. The molecular weight excluding hydrogens is 273 g/mol. The van der Waals surface area contributed by atoms with Crippen molar-refractivity contribution in [3.8, 4) is 5.75 Å². The lowest BCUT2D eigenvalue weighted by Crippen LogP contribution is -2.21. The second-order valence-corrected chi connectivity index (χ2v) is 3.24. The Kier molecular flexibility index (Phi) is 3.92. The van der Waals surface area contributed by atoms with Gasteiger partial charge in [-0.2, -0.15) is 0 Å². The fourth-order valence-electron chi connectivity index (χ4n) is 1.24. The lowest BCUT2D eigenvalue weighted by atomic mass is 10.2. The molecule has 19 heavy (non-hydrogen) atoms. The Bertz CT molecular complexity index is 529. The van der Waals surface area contributed by atoms with Gasteiger partial charge in [0.15, 0.2) is 11.4 Å². The van der Waals surface area contributed by atoms with Gasteiger partial charge in [-0.05, 0) is 9.91 Å². The smallest absolute Gasteiger partial charge is 0.465 e. The Morgan fingerprint density at radius 3 is 2.47 bits per heavy atom. The van der Waals surface area contributed by atoms with Crippen LogP contribution in [0, 0.1) is 17.0 Å². The van der Waals surface area contributed by atoms with Gasteiger partial charge in [0, 0.05) is 6.92 Å². The monoisotopic (exact) mass is 280 g/mol. The summed E-state index contributed by atoms with van der Waals surface area (Å²) in [4.78, 5) is 24.2. The molecule has 0 atom stereocenters. The maximum Gasteiger partial charge on any atom is 0.573 e. The maximum absolute atomic E-state index is 12.2. The predicted molar refractivity (Wildman–Crippen MR) is 53.7 cm³/mol. The van der Waals surface area contributed by atoms with Crippen molar-refractivity contribution in [2.75, 3.05) is 7.11 Å². The zero-order chi connectivity index (χ0) is 14.8. The fraction of sp³-hybridized carbons (Fsp3) is 0.333. The number of rotatable bonds is 3. The molecule has 1 aromatic rings. The van der Waals surface area contributed by atoms with E-state index in [4.69, 9.17) is 0 Å². The van der Waals surface area contributed by atoms with E-state index in [9.17, 15) is 28.1 Å². The van der Waals surface area contributed by atoms with Gasteiger partial charge in [0.25, 0.3) is 0 Å². The van der Waals surface area contributed by atoms with Crippen molar-refractivity contribution in [3.63, 3.8) is 0 Å². The lowest BCUT2D eigenvalue weighted by Gasteiger charge is -2.12. The van der Waals surface area contributed by atoms with Gasteiger partial charge in [-0.25, -0.2) is 4.79 Å². The van der Waals surface area contributed by atoms with Gasteiger partial charge in [-0.1, -0.05) is 0 Å². The summed E-state index contributed by atoms with van der Waals surface area (Å²) in [5.74, 6) is -2.91. The summed E-state index contributed by atoms with van der Waals surface area (Å²) in [5.41, 5.74) is -1.18. The third-order valence-electron chi connectivity index (χ3n) is 1.94. The van der Waals surface area contributed by atoms with E-state index in [1.165, 1.54) is 0 Å². The molecule has 10 heteroatoms. The Hall–Kier alpha value is -2.39. The molecule has 0 aliphatic rings. The number of pyridine rings is 1. The third kappa shape index (κ3) is 3.53. The first-order valence-corrected chi connectivity index (χ1v) is 4.66. The van der Waals surface area contributed by atoms with Crippen molar-refractivity contribution in [2.45, 2.75) is 13.3 Å². The Labute approximate surface area is 104 Å². The molecule has 0 aromatic carbocycles. The number of esters is 1. The first-order chi connectivity index (χ1) is 8.65. The summed E-state index contributed by atoms with van der Waals surface area (Å²) in [6.07, 6.45) is -5.06. The minimum Gasteiger partial charge on any atom is -0.465 e. The van der Waals surface area contributed by atoms with E-state index >= 15 is 0 Å². The highest BCUT2D eigenvalue weighted by Crippen LogP contribution is 2.31. The van der Waals surface area contributed by atoms with Crippen LogP contribution in [0.5, 0.6) is 5.75 Å². The zero-order valence-electron chi connectivity index (χ0n) is 9.65. The first-order valence-electron chi connectivity index (χ1n) is 4.66. The maximum atomic E-state index is 12.2. The van der Waals surface area contributed by atoms with E-state index in [0.29, 0.717) is 6.07 Å². The van der Waals surface area contributed by atoms with Crippen LogP contribution in [0.3, 0.4) is 0 Å². The van der Waals surface area contributed by atoms with Crippen LogP contribution in [0.4, 0.5) is 19.0 Å². The Balaban J connectivity index is 3.43. The van der Waals surface area contributed by atoms with Crippen molar-refractivity contribution in [3.05, 3.63) is 27.4 Å². The number of nitrogens with zero attached hydrogens (tertiary/aromatic N) is 2. The molecule has 0 bridgehead atoms. The highest BCUT2D eigenvalue weighted by molar-refractivity contribution is 5.93. The first kappa shape index (κ1) is 14.7. The number of carbonyl (C=O) groups excluding carboxylic acids is 1. The molecule has 1 heterocycles. The number of aromatic nitrogens is 1. The Morgan fingerprint density at radius 2 is 2.05 bits per heavy atom. The lowest BCUT2D eigenvalue weighted by molar-refractivity contribution is -0.389. The average molecular weight is 280 g/mol. The summed E-state index contributed by atoms with van der Waals surface area (Å²) in [6, 6.07) is 0.555. The van der Waals surface area contributed by atoms with E-state index < -0.39 is 40.1 Å². The summed E-state index contributed by atoms with van der Waals surface area (Å²) in [7, 11) is 0.918. The SMILES string of the molecule is COC(=O)c1cc([N+](=O)[O-])nc(C)c1OC(F)(F)F. The predicted octanol–water partition coefficient (Wildman–Crippen LogP) is 1.98.